The average molecular weight is 271 g/mol. The maximum Gasteiger partial charge on any atom is 0.226 e. The minimum absolute atomic E-state index is 0. The zero-order valence-electron chi connectivity index (χ0n) is 10.8. The second-order valence-corrected chi connectivity index (χ2v) is 6.68. The van der Waals surface area contributed by atoms with Gasteiger partial charge in [-0.05, 0) is 55.8 Å². The lowest BCUT2D eigenvalue weighted by Gasteiger charge is -2.31. The summed E-state index contributed by atoms with van der Waals surface area (Å²) in [7, 11) is 0. The van der Waals surface area contributed by atoms with Crippen LogP contribution in [0.2, 0.25) is 0 Å². The Kier molecular flexibility index (Phi) is 3.10. The third-order valence-corrected chi connectivity index (χ3v) is 5.87. The number of hydrogen-bond acceptors (Lipinski definition) is 2. The topological polar surface area (TPSA) is 46.3 Å². The van der Waals surface area contributed by atoms with Gasteiger partial charge in [-0.3, -0.25) is 4.79 Å². The smallest absolute Gasteiger partial charge is 0.226 e. The predicted molar refractivity (Wildman–Crippen MR) is 72.3 cm³/mol. The van der Waals surface area contributed by atoms with Crippen molar-refractivity contribution in [3.8, 4) is 0 Å². The summed E-state index contributed by atoms with van der Waals surface area (Å²) in [5, 5.41) is 0. The molecule has 0 aromatic carbocycles. The van der Waals surface area contributed by atoms with E-state index in [2.05, 4.69) is 4.90 Å². The number of hydrogen-bond donors (Lipinski definition) is 1. The fourth-order valence-corrected chi connectivity index (χ4v) is 4.99. The summed E-state index contributed by atoms with van der Waals surface area (Å²) in [6.07, 6.45) is 6.24. The fraction of sp³-hybridized carbons (Fsp3) is 0.929. The number of rotatable bonds is 1. The minimum atomic E-state index is 0. The first kappa shape index (κ1) is 12.7. The van der Waals surface area contributed by atoms with E-state index < -0.39 is 0 Å². The number of piperidine rings is 1. The molecule has 4 heteroatoms. The van der Waals surface area contributed by atoms with Crippen molar-refractivity contribution in [1.82, 2.24) is 4.90 Å². The average Bonchev–Trinajstić information content (AvgIpc) is 2.77. The normalized spacial score (nSPS) is 45.6. The molecular weight excluding hydrogens is 248 g/mol. The van der Waals surface area contributed by atoms with Crippen molar-refractivity contribution in [2.75, 3.05) is 13.1 Å². The highest BCUT2D eigenvalue weighted by Gasteiger charge is 2.67. The van der Waals surface area contributed by atoms with Crippen molar-refractivity contribution in [2.24, 2.45) is 35.3 Å². The molecule has 3 aliphatic carbocycles. The van der Waals surface area contributed by atoms with Crippen molar-refractivity contribution in [3.05, 3.63) is 0 Å². The Labute approximate surface area is 115 Å². The van der Waals surface area contributed by atoms with Gasteiger partial charge in [0.25, 0.3) is 0 Å². The number of nitrogens with two attached hydrogens (primary N) is 1. The molecule has 0 aromatic heterocycles. The monoisotopic (exact) mass is 270 g/mol. The molecule has 102 valence electrons. The molecule has 1 saturated heterocycles. The first-order valence-corrected chi connectivity index (χ1v) is 7.30. The summed E-state index contributed by atoms with van der Waals surface area (Å²) in [4.78, 5) is 14.6. The van der Waals surface area contributed by atoms with Crippen LogP contribution in [0.15, 0.2) is 0 Å². The summed E-state index contributed by atoms with van der Waals surface area (Å²) in [5.74, 6) is 4.30. The van der Waals surface area contributed by atoms with Crippen LogP contribution < -0.4 is 5.73 Å². The van der Waals surface area contributed by atoms with Gasteiger partial charge in [0.2, 0.25) is 5.91 Å². The summed E-state index contributed by atoms with van der Waals surface area (Å²) in [6.45, 7) is 1.82. The molecule has 1 aliphatic heterocycles. The van der Waals surface area contributed by atoms with Gasteiger partial charge in [-0.2, -0.15) is 0 Å². The van der Waals surface area contributed by atoms with Crippen molar-refractivity contribution < 1.29 is 4.79 Å². The lowest BCUT2D eigenvalue weighted by molar-refractivity contribution is -0.134. The Morgan fingerprint density at radius 3 is 2.11 bits per heavy atom. The Bertz CT molecular complexity index is 338. The summed E-state index contributed by atoms with van der Waals surface area (Å²) < 4.78 is 0. The van der Waals surface area contributed by atoms with Crippen LogP contribution in [0.5, 0.6) is 0 Å². The highest BCUT2D eigenvalue weighted by Crippen LogP contribution is 2.69. The zero-order valence-corrected chi connectivity index (χ0v) is 11.6. The largest absolute Gasteiger partial charge is 0.342 e. The van der Waals surface area contributed by atoms with Crippen LogP contribution >= 0.6 is 12.4 Å². The van der Waals surface area contributed by atoms with E-state index in [1.807, 2.05) is 0 Å². The Morgan fingerprint density at radius 2 is 1.56 bits per heavy atom. The third kappa shape index (κ3) is 1.70. The van der Waals surface area contributed by atoms with E-state index in [-0.39, 0.29) is 12.4 Å². The number of likely N-dealkylation sites (tertiary alicyclic amines) is 1. The van der Waals surface area contributed by atoms with Gasteiger partial charge in [-0.15, -0.1) is 12.4 Å². The number of amides is 1. The van der Waals surface area contributed by atoms with Crippen molar-refractivity contribution in [2.45, 2.75) is 38.1 Å². The van der Waals surface area contributed by atoms with Gasteiger partial charge in [0.05, 0.1) is 0 Å². The summed E-state index contributed by atoms with van der Waals surface area (Å²) in [6, 6.07) is 0.328. The van der Waals surface area contributed by atoms with E-state index in [0.717, 1.165) is 49.6 Å². The Hall–Kier alpha value is -0.280. The third-order valence-electron chi connectivity index (χ3n) is 5.87. The quantitative estimate of drug-likeness (QED) is 0.788. The molecule has 2 bridgehead atoms. The van der Waals surface area contributed by atoms with Crippen LogP contribution in [-0.2, 0) is 4.79 Å². The molecule has 1 amide bonds. The molecular formula is C14H23ClN2O. The Morgan fingerprint density at radius 1 is 1.00 bits per heavy atom. The fourth-order valence-electron chi connectivity index (χ4n) is 4.99. The second kappa shape index (κ2) is 4.38. The maximum atomic E-state index is 12.5. The molecule has 1 heterocycles. The number of nitrogens with zero attached hydrogens (tertiary/aromatic N) is 1. The van der Waals surface area contributed by atoms with Gasteiger partial charge in [0.1, 0.15) is 0 Å². The highest BCUT2D eigenvalue weighted by molar-refractivity contribution is 5.85. The molecule has 0 spiro atoms. The van der Waals surface area contributed by atoms with E-state index in [0.29, 0.717) is 17.9 Å². The molecule has 2 N–H and O–H groups in total. The van der Waals surface area contributed by atoms with Crippen molar-refractivity contribution in [3.63, 3.8) is 0 Å². The molecule has 3 nitrogen and oxygen atoms in total. The van der Waals surface area contributed by atoms with Crippen LogP contribution in [0.1, 0.15) is 32.1 Å². The van der Waals surface area contributed by atoms with Gasteiger partial charge in [-0.25, -0.2) is 0 Å². The Balaban J connectivity index is 0.000001000. The molecule has 4 rings (SSSR count). The van der Waals surface area contributed by atoms with Gasteiger partial charge < -0.3 is 10.6 Å². The molecule has 0 aromatic rings. The number of fused-ring (bicyclic) bond motifs is 5. The van der Waals surface area contributed by atoms with Gasteiger partial charge in [0, 0.05) is 25.0 Å². The van der Waals surface area contributed by atoms with Crippen LogP contribution in [0.3, 0.4) is 0 Å². The predicted octanol–water partition coefficient (Wildman–Crippen LogP) is 1.65. The van der Waals surface area contributed by atoms with Gasteiger partial charge in [0.15, 0.2) is 0 Å². The van der Waals surface area contributed by atoms with Crippen molar-refractivity contribution >= 4 is 18.3 Å². The highest BCUT2D eigenvalue weighted by atomic mass is 35.5. The first-order valence-electron chi connectivity index (χ1n) is 7.30. The molecule has 4 unspecified atom stereocenters. The minimum Gasteiger partial charge on any atom is -0.342 e. The van der Waals surface area contributed by atoms with E-state index in [4.69, 9.17) is 5.73 Å². The van der Waals surface area contributed by atoms with Crippen LogP contribution in [0.25, 0.3) is 0 Å². The molecule has 4 fully saturated rings. The lowest BCUT2D eigenvalue weighted by Crippen LogP contribution is -2.44. The summed E-state index contributed by atoms with van der Waals surface area (Å²) >= 11 is 0. The standard InChI is InChI=1S/C14H22N2O.ClH/c15-10-3-5-16(6-4-10)14(17)13-11-8-1-2-9(7-8)12(11)13;/h8-13H,1-7,15H2;1H. The molecule has 4 aliphatic rings. The molecule has 4 atom stereocenters. The van der Waals surface area contributed by atoms with E-state index >= 15 is 0 Å². The maximum absolute atomic E-state index is 12.5. The lowest BCUT2D eigenvalue weighted by atomic mass is 10.00. The van der Waals surface area contributed by atoms with E-state index in [1.54, 1.807) is 0 Å². The van der Waals surface area contributed by atoms with E-state index in [9.17, 15) is 4.79 Å². The zero-order chi connectivity index (χ0) is 11.6. The van der Waals surface area contributed by atoms with Crippen LogP contribution in [-0.4, -0.2) is 29.9 Å². The molecule has 3 saturated carbocycles. The van der Waals surface area contributed by atoms with Crippen LogP contribution in [0, 0.1) is 29.6 Å². The van der Waals surface area contributed by atoms with Gasteiger partial charge in [-0.1, -0.05) is 0 Å². The number of halogens is 1. The second-order valence-electron chi connectivity index (χ2n) is 6.68. The van der Waals surface area contributed by atoms with Gasteiger partial charge >= 0.3 is 0 Å². The molecule has 0 radical (unpaired) electrons. The van der Waals surface area contributed by atoms with Crippen LogP contribution in [0.4, 0.5) is 0 Å². The first-order chi connectivity index (χ1) is 8.25. The van der Waals surface area contributed by atoms with Crippen molar-refractivity contribution in [1.29, 1.82) is 0 Å². The number of carbonyl (C=O) groups is 1. The summed E-state index contributed by atoms with van der Waals surface area (Å²) in [5.41, 5.74) is 5.90. The molecule has 18 heavy (non-hydrogen) atoms. The van der Waals surface area contributed by atoms with E-state index in [1.165, 1.54) is 19.3 Å². The SMILES string of the molecule is Cl.NC1CCN(C(=O)C2C3C4CCC(C4)C23)CC1. The number of carbonyl (C=O) groups excluding carboxylic acids is 1.